The van der Waals surface area contributed by atoms with Gasteiger partial charge >= 0.3 is 8.69 Å². The molecule has 0 spiro atoms. The lowest BCUT2D eigenvalue weighted by molar-refractivity contribution is -0.0135. The van der Waals surface area contributed by atoms with Gasteiger partial charge in [0.1, 0.15) is 0 Å². The third-order valence-corrected chi connectivity index (χ3v) is 1.69. The molecule has 4 heteroatoms. The zero-order valence-electron chi connectivity index (χ0n) is 7.84. The van der Waals surface area contributed by atoms with E-state index in [1.807, 2.05) is 19.0 Å². The zero-order valence-corrected chi connectivity index (χ0v) is 8.84. The van der Waals surface area contributed by atoms with Crippen LogP contribution < -0.4 is 0 Å². The van der Waals surface area contributed by atoms with Crippen molar-refractivity contribution in [1.82, 2.24) is 4.90 Å². The lowest BCUT2D eigenvalue weighted by Crippen LogP contribution is -2.39. The zero-order chi connectivity index (χ0) is 9.07. The van der Waals surface area contributed by atoms with E-state index in [0.717, 1.165) is 0 Å². The molecule has 2 atom stereocenters. The number of rotatable bonds is 3. The quantitative estimate of drug-likeness (QED) is 0.488. The van der Waals surface area contributed by atoms with Gasteiger partial charge in [-0.2, -0.15) is 0 Å². The first-order valence-corrected chi connectivity index (χ1v) is 4.40. The maximum atomic E-state index is 10.3. The Balaban J connectivity index is 4.21. The van der Waals surface area contributed by atoms with Gasteiger partial charge in [-0.3, -0.25) is 4.90 Å². The third-order valence-electron chi connectivity index (χ3n) is 1.37. The van der Waals surface area contributed by atoms with Crippen molar-refractivity contribution in [2.24, 2.45) is 5.41 Å². The molecule has 3 nitrogen and oxygen atoms in total. The Morgan fingerprint density at radius 2 is 1.82 bits per heavy atom. The Morgan fingerprint density at radius 3 is 1.91 bits per heavy atom. The van der Waals surface area contributed by atoms with Gasteiger partial charge in [0.05, 0.1) is 0 Å². The van der Waals surface area contributed by atoms with E-state index in [0.29, 0.717) is 0 Å². The van der Waals surface area contributed by atoms with Crippen molar-refractivity contribution in [3.8, 4) is 0 Å². The minimum Gasteiger partial charge on any atom is -0.280 e. The molecule has 11 heavy (non-hydrogen) atoms. The molecule has 0 fully saturated rings. The van der Waals surface area contributed by atoms with Crippen molar-refractivity contribution < 1.29 is 9.09 Å². The Bertz CT molecular complexity index is 131. The first kappa shape index (κ1) is 11.0. The molecule has 66 valence electrons. The molecule has 0 saturated heterocycles. The summed E-state index contributed by atoms with van der Waals surface area (Å²) in [5.74, 6) is 0. The Hall–Kier alpha value is 0.0200. The summed E-state index contributed by atoms with van der Waals surface area (Å²) in [6.07, 6.45) is -0.0849. The highest BCUT2D eigenvalue weighted by atomic mass is 31.1. The molecule has 0 heterocycles. The summed E-state index contributed by atoms with van der Waals surface area (Å²) < 4.78 is 15.3. The summed E-state index contributed by atoms with van der Waals surface area (Å²) in [7, 11) is 3.14. The lowest BCUT2D eigenvalue weighted by atomic mass is 9.94. The van der Waals surface area contributed by atoms with E-state index in [9.17, 15) is 4.57 Å². The van der Waals surface area contributed by atoms with Gasteiger partial charge < -0.3 is 0 Å². The fourth-order valence-electron chi connectivity index (χ4n) is 1.10. The smallest absolute Gasteiger partial charge is 0.280 e. The minimum atomic E-state index is -0.687. The molecule has 0 aromatic heterocycles. The van der Waals surface area contributed by atoms with Crippen LogP contribution in [0.3, 0.4) is 0 Å². The number of nitrogens with zero attached hydrogens (tertiary/aromatic N) is 1. The van der Waals surface area contributed by atoms with Gasteiger partial charge in [0, 0.05) is 5.41 Å². The van der Waals surface area contributed by atoms with Crippen LogP contribution in [0.25, 0.3) is 0 Å². The molecule has 0 radical (unpaired) electrons. The average molecular weight is 178 g/mol. The van der Waals surface area contributed by atoms with Crippen molar-refractivity contribution in [1.29, 1.82) is 0 Å². The van der Waals surface area contributed by atoms with E-state index in [-0.39, 0.29) is 11.6 Å². The monoisotopic (exact) mass is 178 g/mol. The highest BCUT2D eigenvalue weighted by Crippen LogP contribution is 2.26. The van der Waals surface area contributed by atoms with Crippen LogP contribution in [0.4, 0.5) is 0 Å². The summed E-state index contributed by atoms with van der Waals surface area (Å²) in [4.78, 5) is 1.92. The fraction of sp³-hybridized carbons (Fsp3) is 1.00. The van der Waals surface area contributed by atoms with Crippen LogP contribution in [0, 0.1) is 5.41 Å². The largest absolute Gasteiger partial charge is 0.495 e. The second-order valence-corrected chi connectivity index (χ2v) is 4.29. The third kappa shape index (κ3) is 3.80. The highest BCUT2D eigenvalue weighted by molar-refractivity contribution is 7.17. The van der Waals surface area contributed by atoms with Gasteiger partial charge in [0.2, 0.25) is 0 Å². The molecule has 0 aliphatic carbocycles. The van der Waals surface area contributed by atoms with Crippen LogP contribution in [0.2, 0.25) is 0 Å². The topological polar surface area (TPSA) is 29.5 Å². The van der Waals surface area contributed by atoms with Crippen LogP contribution in [-0.4, -0.2) is 25.2 Å². The molecule has 0 bridgehead atoms. The van der Waals surface area contributed by atoms with Gasteiger partial charge in [-0.25, -0.2) is 0 Å². The maximum absolute atomic E-state index is 10.3. The van der Waals surface area contributed by atoms with Crippen molar-refractivity contribution in [2.45, 2.75) is 27.0 Å². The predicted octanol–water partition coefficient (Wildman–Crippen LogP) is 1.88. The summed E-state index contributed by atoms with van der Waals surface area (Å²) in [5.41, 5.74) is 0.000903. The van der Waals surface area contributed by atoms with Crippen LogP contribution in [0.5, 0.6) is 0 Å². The Labute approximate surface area is 70.0 Å². The summed E-state index contributed by atoms with van der Waals surface area (Å²) in [6.45, 7) is 6.16. The molecule has 0 aliphatic rings. The standard InChI is InChI=1S/C7H17NO2P/c1-7(2,3)6(8(4)5)10-11-9/h6,11H,1-5H3/q+1. The van der Waals surface area contributed by atoms with Crippen LogP contribution in [0.15, 0.2) is 0 Å². The Kier molecular flexibility index (Phi) is 4.16. The van der Waals surface area contributed by atoms with E-state index in [2.05, 4.69) is 20.8 Å². The Morgan fingerprint density at radius 1 is 1.36 bits per heavy atom. The maximum Gasteiger partial charge on any atom is 0.495 e. The van der Waals surface area contributed by atoms with E-state index >= 15 is 0 Å². The second kappa shape index (κ2) is 4.15. The minimum absolute atomic E-state index is 0.000903. The molecular formula is C7H17NO2P+. The molecule has 2 unspecified atom stereocenters. The molecule has 0 saturated carbocycles. The SMILES string of the molecule is CN(C)C(O[PH+]=O)C(C)(C)C. The molecule has 0 N–H and O–H groups in total. The van der Waals surface area contributed by atoms with Gasteiger partial charge in [-0.1, -0.05) is 20.8 Å². The van der Waals surface area contributed by atoms with Gasteiger partial charge in [-0.15, -0.1) is 4.52 Å². The van der Waals surface area contributed by atoms with E-state index in [1.165, 1.54) is 0 Å². The van der Waals surface area contributed by atoms with Crippen molar-refractivity contribution in [2.75, 3.05) is 14.1 Å². The molecule has 0 aromatic carbocycles. The first-order valence-electron chi connectivity index (χ1n) is 3.59. The lowest BCUT2D eigenvalue weighted by Gasteiger charge is -2.30. The molecule has 0 rings (SSSR count). The number of hydrogen-bond donors (Lipinski definition) is 0. The summed E-state index contributed by atoms with van der Waals surface area (Å²) in [6, 6.07) is 0. The van der Waals surface area contributed by atoms with Gasteiger partial charge in [0.15, 0.2) is 6.23 Å². The second-order valence-electron chi connectivity index (χ2n) is 3.88. The summed E-state index contributed by atoms with van der Waals surface area (Å²) in [5, 5.41) is 0. The van der Waals surface area contributed by atoms with E-state index in [1.54, 1.807) is 0 Å². The van der Waals surface area contributed by atoms with E-state index in [4.69, 9.17) is 4.52 Å². The van der Waals surface area contributed by atoms with Crippen LogP contribution in [-0.2, 0) is 9.09 Å². The van der Waals surface area contributed by atoms with Crippen molar-refractivity contribution >= 4 is 8.69 Å². The predicted molar refractivity (Wildman–Crippen MR) is 47.0 cm³/mol. The fourth-order valence-corrected chi connectivity index (χ4v) is 1.76. The normalized spacial score (nSPS) is 15.8. The molecule has 0 aromatic rings. The molecular weight excluding hydrogens is 161 g/mol. The number of hydrogen-bond acceptors (Lipinski definition) is 3. The molecule has 0 amide bonds. The van der Waals surface area contributed by atoms with Crippen molar-refractivity contribution in [3.05, 3.63) is 0 Å². The molecule has 0 aliphatic heterocycles. The van der Waals surface area contributed by atoms with E-state index < -0.39 is 8.69 Å². The first-order chi connectivity index (χ1) is 4.89. The van der Waals surface area contributed by atoms with Crippen molar-refractivity contribution in [3.63, 3.8) is 0 Å². The average Bonchev–Trinajstić information content (AvgIpc) is 1.79. The van der Waals surface area contributed by atoms with Crippen LogP contribution >= 0.6 is 8.69 Å². The van der Waals surface area contributed by atoms with Crippen LogP contribution in [0.1, 0.15) is 20.8 Å². The van der Waals surface area contributed by atoms with Gasteiger partial charge in [0.25, 0.3) is 0 Å². The summed E-state index contributed by atoms with van der Waals surface area (Å²) >= 11 is 0. The highest BCUT2D eigenvalue weighted by Gasteiger charge is 2.30. The van der Waals surface area contributed by atoms with Gasteiger partial charge in [-0.05, 0) is 18.7 Å².